The summed E-state index contributed by atoms with van der Waals surface area (Å²) in [5, 5.41) is 5.91. The lowest BCUT2D eigenvalue weighted by atomic mass is 10.1. The van der Waals surface area contributed by atoms with Gasteiger partial charge in [-0.1, -0.05) is 44.2 Å². The van der Waals surface area contributed by atoms with Gasteiger partial charge in [0.25, 0.3) is 0 Å². The summed E-state index contributed by atoms with van der Waals surface area (Å²) in [7, 11) is 0. The molecular formula is C16H20ClN3O. The average molecular weight is 306 g/mol. The molecule has 4 nitrogen and oxygen atoms in total. The number of nitrogens with zero attached hydrogens (tertiary/aromatic N) is 3. The normalized spacial score (nSPS) is 10.9. The highest BCUT2D eigenvalue weighted by molar-refractivity contribution is 6.17. The highest BCUT2D eigenvalue weighted by Gasteiger charge is 2.18. The summed E-state index contributed by atoms with van der Waals surface area (Å²) >= 11 is 5.80. The largest absolute Gasteiger partial charge is 0.273 e. The molecular weight excluding hydrogens is 286 g/mol. The van der Waals surface area contributed by atoms with E-state index in [1.165, 1.54) is 0 Å². The fraction of sp³-hybridized carbons (Fsp3) is 0.375. The molecule has 2 aromatic rings. The average Bonchev–Trinajstić information content (AvgIpc) is 2.94. The smallest absolute Gasteiger partial charge is 0.247 e. The number of halogens is 1. The second kappa shape index (κ2) is 7.27. The Bertz CT molecular complexity index is 580. The molecule has 2 rings (SSSR count). The van der Waals surface area contributed by atoms with Crippen LogP contribution in [-0.2, 0) is 17.1 Å². The van der Waals surface area contributed by atoms with Gasteiger partial charge in [-0.25, -0.2) is 5.01 Å². The van der Waals surface area contributed by atoms with Crippen LogP contribution in [0.3, 0.4) is 0 Å². The molecule has 0 spiro atoms. The van der Waals surface area contributed by atoms with E-state index in [1.54, 1.807) is 22.2 Å². The zero-order chi connectivity index (χ0) is 15.2. The summed E-state index contributed by atoms with van der Waals surface area (Å²) in [5.41, 5.74) is 1.90. The minimum Gasteiger partial charge on any atom is -0.273 e. The van der Waals surface area contributed by atoms with Crippen LogP contribution in [0.15, 0.2) is 42.7 Å². The Morgan fingerprint density at radius 2 is 2.00 bits per heavy atom. The molecule has 0 bridgehead atoms. The zero-order valence-electron chi connectivity index (χ0n) is 12.4. The third kappa shape index (κ3) is 4.33. The molecule has 0 radical (unpaired) electrons. The van der Waals surface area contributed by atoms with Crippen LogP contribution in [0.25, 0.3) is 0 Å². The molecule has 0 saturated heterocycles. The van der Waals surface area contributed by atoms with E-state index < -0.39 is 0 Å². The fourth-order valence-electron chi connectivity index (χ4n) is 2.06. The maximum Gasteiger partial charge on any atom is 0.247 e. The van der Waals surface area contributed by atoms with Crippen molar-refractivity contribution in [3.05, 3.63) is 53.9 Å². The maximum absolute atomic E-state index is 12.6. The first-order valence-corrected chi connectivity index (χ1v) is 7.57. The molecule has 0 aliphatic rings. The summed E-state index contributed by atoms with van der Waals surface area (Å²) < 4.78 is 0. The Morgan fingerprint density at radius 3 is 2.57 bits per heavy atom. The van der Waals surface area contributed by atoms with Gasteiger partial charge >= 0.3 is 0 Å². The molecule has 0 saturated carbocycles. The van der Waals surface area contributed by atoms with Crippen LogP contribution in [0.2, 0.25) is 0 Å². The number of benzene rings is 1. The van der Waals surface area contributed by atoms with Crippen molar-refractivity contribution in [2.75, 3.05) is 11.6 Å². The molecule has 1 amide bonds. The Hall–Kier alpha value is -1.81. The van der Waals surface area contributed by atoms with E-state index in [4.69, 9.17) is 11.6 Å². The lowest BCUT2D eigenvalue weighted by Gasteiger charge is -2.24. The van der Waals surface area contributed by atoms with E-state index >= 15 is 0 Å². The number of aromatic nitrogens is 2. The first kappa shape index (κ1) is 15.6. The molecule has 5 heteroatoms. The van der Waals surface area contributed by atoms with Crippen LogP contribution in [0.4, 0.5) is 0 Å². The molecule has 0 aliphatic carbocycles. The van der Waals surface area contributed by atoms with Crippen molar-refractivity contribution in [2.45, 2.75) is 26.1 Å². The summed E-state index contributed by atoms with van der Waals surface area (Å²) in [5.74, 6) is 0.773. The zero-order valence-corrected chi connectivity index (χ0v) is 13.1. The second-order valence-corrected chi connectivity index (χ2v) is 5.70. The Labute approximate surface area is 130 Å². The monoisotopic (exact) mass is 305 g/mol. The van der Waals surface area contributed by atoms with Gasteiger partial charge in [-0.05, 0) is 11.5 Å². The topological polar surface area (TPSA) is 38.1 Å². The van der Waals surface area contributed by atoms with Gasteiger partial charge < -0.3 is 0 Å². The van der Waals surface area contributed by atoms with E-state index in [0.717, 1.165) is 11.1 Å². The van der Waals surface area contributed by atoms with Crippen LogP contribution in [0, 0.1) is 5.92 Å². The third-order valence-electron chi connectivity index (χ3n) is 3.05. The standard InChI is InChI=1S/C16H20ClN3O/c1-13(2)11-19(20-12-15(9-17)10-18-20)16(21)8-14-6-4-3-5-7-14/h3-7,10,12-13H,8-9,11H2,1-2H3. The molecule has 0 atom stereocenters. The SMILES string of the molecule is CC(C)CN(C(=O)Cc1ccccc1)n1cc(CCl)cn1. The molecule has 21 heavy (non-hydrogen) atoms. The van der Waals surface area contributed by atoms with E-state index in [2.05, 4.69) is 18.9 Å². The van der Waals surface area contributed by atoms with E-state index in [-0.39, 0.29) is 5.91 Å². The molecule has 112 valence electrons. The molecule has 1 aromatic carbocycles. The summed E-state index contributed by atoms with van der Waals surface area (Å²) in [6, 6.07) is 9.74. The minimum atomic E-state index is 0.0270. The fourth-order valence-corrected chi connectivity index (χ4v) is 2.19. The Balaban J connectivity index is 2.17. The molecule has 0 unspecified atom stereocenters. The van der Waals surface area contributed by atoms with Crippen molar-refractivity contribution in [1.29, 1.82) is 0 Å². The summed E-state index contributed by atoms with van der Waals surface area (Å²) in [6.45, 7) is 4.78. The van der Waals surface area contributed by atoms with Gasteiger partial charge in [-0.3, -0.25) is 4.79 Å². The van der Waals surface area contributed by atoms with E-state index in [9.17, 15) is 4.79 Å². The number of amides is 1. The van der Waals surface area contributed by atoms with Crippen molar-refractivity contribution in [2.24, 2.45) is 5.92 Å². The molecule has 1 aromatic heterocycles. The minimum absolute atomic E-state index is 0.0270. The van der Waals surface area contributed by atoms with Crippen molar-refractivity contribution >= 4 is 17.5 Å². The maximum atomic E-state index is 12.6. The lowest BCUT2D eigenvalue weighted by molar-refractivity contribution is -0.119. The second-order valence-electron chi connectivity index (χ2n) is 5.43. The van der Waals surface area contributed by atoms with Gasteiger partial charge in [0.1, 0.15) is 0 Å². The van der Waals surface area contributed by atoms with Crippen molar-refractivity contribution in [3.8, 4) is 0 Å². The predicted molar refractivity (Wildman–Crippen MR) is 84.9 cm³/mol. The third-order valence-corrected chi connectivity index (χ3v) is 3.36. The molecule has 0 N–H and O–H groups in total. The number of hydrogen-bond donors (Lipinski definition) is 0. The first-order valence-electron chi connectivity index (χ1n) is 7.04. The molecule has 1 heterocycles. The predicted octanol–water partition coefficient (Wildman–Crippen LogP) is 2.99. The summed E-state index contributed by atoms with van der Waals surface area (Å²) in [6.07, 6.45) is 3.86. The van der Waals surface area contributed by atoms with Crippen LogP contribution in [0.1, 0.15) is 25.0 Å². The Morgan fingerprint density at radius 1 is 1.29 bits per heavy atom. The highest BCUT2D eigenvalue weighted by Crippen LogP contribution is 2.08. The molecule has 0 fully saturated rings. The van der Waals surface area contributed by atoms with Gasteiger partial charge in [-0.15, -0.1) is 11.6 Å². The lowest BCUT2D eigenvalue weighted by Crippen LogP contribution is -2.44. The van der Waals surface area contributed by atoms with E-state index in [1.807, 2.05) is 30.3 Å². The summed E-state index contributed by atoms with van der Waals surface area (Å²) in [4.78, 5) is 14.2. The Kier molecular flexibility index (Phi) is 5.39. The van der Waals surface area contributed by atoms with Crippen molar-refractivity contribution in [1.82, 2.24) is 9.89 Å². The van der Waals surface area contributed by atoms with Crippen molar-refractivity contribution < 1.29 is 4.79 Å². The highest BCUT2D eigenvalue weighted by atomic mass is 35.5. The number of hydrogen-bond acceptors (Lipinski definition) is 2. The number of carbonyl (C=O) groups is 1. The van der Waals surface area contributed by atoms with Crippen molar-refractivity contribution in [3.63, 3.8) is 0 Å². The van der Waals surface area contributed by atoms with Crippen LogP contribution in [0.5, 0.6) is 0 Å². The van der Waals surface area contributed by atoms with Gasteiger partial charge in [0.15, 0.2) is 0 Å². The number of alkyl halides is 1. The van der Waals surface area contributed by atoms with Crippen LogP contribution >= 0.6 is 11.6 Å². The number of carbonyl (C=O) groups excluding carboxylic acids is 1. The van der Waals surface area contributed by atoms with Gasteiger partial charge in [0.05, 0.1) is 24.7 Å². The number of rotatable bonds is 6. The van der Waals surface area contributed by atoms with Crippen LogP contribution in [-0.4, -0.2) is 22.3 Å². The van der Waals surface area contributed by atoms with Crippen LogP contribution < -0.4 is 5.01 Å². The first-order chi connectivity index (χ1) is 10.1. The quantitative estimate of drug-likeness (QED) is 0.770. The molecule has 0 aliphatic heterocycles. The van der Waals surface area contributed by atoms with E-state index in [0.29, 0.717) is 24.8 Å². The van der Waals surface area contributed by atoms with Gasteiger partial charge in [0, 0.05) is 12.1 Å². The van der Waals surface area contributed by atoms with Gasteiger partial charge in [-0.2, -0.15) is 9.89 Å². The van der Waals surface area contributed by atoms with Gasteiger partial charge in [0.2, 0.25) is 5.91 Å².